The molecule has 0 amide bonds. The first-order valence-corrected chi connectivity index (χ1v) is 5.25. The van der Waals surface area contributed by atoms with Crippen molar-refractivity contribution in [3.05, 3.63) is 12.1 Å². The van der Waals surface area contributed by atoms with Gasteiger partial charge in [-0.15, -0.1) is 0 Å². The Morgan fingerprint density at radius 1 is 1.21 bits per heavy atom. The van der Waals surface area contributed by atoms with Gasteiger partial charge < -0.3 is 15.2 Å². The van der Waals surface area contributed by atoms with Crippen LogP contribution in [0.2, 0.25) is 0 Å². The molecule has 76 valence electrons. The molecule has 6 nitrogen and oxygen atoms in total. The summed E-state index contributed by atoms with van der Waals surface area (Å²) in [6.45, 7) is 0.0584. The Balaban J connectivity index is 2.65. The third-order valence-electron chi connectivity index (χ3n) is 1.81. The van der Waals surface area contributed by atoms with Crippen molar-refractivity contribution in [2.24, 2.45) is 5.14 Å². The fraction of sp³-hybridized carbons (Fsp3) is 0.143. The van der Waals surface area contributed by atoms with E-state index in [1.807, 2.05) is 0 Å². The fourth-order valence-electron chi connectivity index (χ4n) is 1.19. The summed E-state index contributed by atoms with van der Waals surface area (Å²) >= 11 is 0. The maximum absolute atomic E-state index is 11.1. The third-order valence-corrected chi connectivity index (χ3v) is 2.78. The number of anilines is 1. The number of ether oxygens (including phenoxy) is 2. The van der Waals surface area contributed by atoms with E-state index in [1.54, 1.807) is 0 Å². The molecule has 0 saturated heterocycles. The van der Waals surface area contributed by atoms with E-state index < -0.39 is 10.0 Å². The van der Waals surface area contributed by atoms with Crippen molar-refractivity contribution in [1.29, 1.82) is 0 Å². The lowest BCUT2D eigenvalue weighted by Crippen LogP contribution is -2.14. The van der Waals surface area contributed by atoms with Gasteiger partial charge in [0.2, 0.25) is 16.8 Å². The van der Waals surface area contributed by atoms with Gasteiger partial charge in [-0.05, 0) is 0 Å². The van der Waals surface area contributed by atoms with Crippen molar-refractivity contribution < 1.29 is 17.9 Å². The first-order chi connectivity index (χ1) is 6.48. The fourth-order valence-corrected chi connectivity index (χ4v) is 1.84. The SMILES string of the molecule is Nc1cc2c(cc1S(N)(=O)=O)OCO2. The van der Waals surface area contributed by atoms with E-state index in [1.165, 1.54) is 12.1 Å². The lowest BCUT2D eigenvalue weighted by atomic mass is 10.3. The Kier molecular flexibility index (Phi) is 1.79. The van der Waals surface area contributed by atoms with Crippen LogP contribution in [0.1, 0.15) is 0 Å². The van der Waals surface area contributed by atoms with Crippen LogP contribution in [0.4, 0.5) is 5.69 Å². The van der Waals surface area contributed by atoms with Gasteiger partial charge in [0.05, 0.1) is 5.69 Å². The van der Waals surface area contributed by atoms with E-state index in [4.69, 9.17) is 20.3 Å². The molecule has 0 aromatic heterocycles. The molecule has 1 aromatic carbocycles. The number of nitrogen functional groups attached to an aromatic ring is 1. The van der Waals surface area contributed by atoms with Crippen molar-refractivity contribution in [3.8, 4) is 11.5 Å². The molecule has 0 bridgehead atoms. The predicted molar refractivity (Wildman–Crippen MR) is 48.4 cm³/mol. The highest BCUT2D eigenvalue weighted by molar-refractivity contribution is 7.89. The topological polar surface area (TPSA) is 105 Å². The summed E-state index contributed by atoms with van der Waals surface area (Å²) in [7, 11) is -3.82. The van der Waals surface area contributed by atoms with E-state index in [-0.39, 0.29) is 17.4 Å². The highest BCUT2D eigenvalue weighted by Crippen LogP contribution is 2.37. The van der Waals surface area contributed by atoms with Crippen LogP contribution in [-0.4, -0.2) is 15.2 Å². The minimum atomic E-state index is -3.82. The van der Waals surface area contributed by atoms with Gasteiger partial charge in [0.15, 0.2) is 11.5 Å². The predicted octanol–water partition coefficient (Wildman–Crippen LogP) is -0.355. The van der Waals surface area contributed by atoms with E-state index in [9.17, 15) is 8.42 Å². The average molecular weight is 216 g/mol. The highest BCUT2D eigenvalue weighted by Gasteiger charge is 2.20. The number of hydrogen-bond donors (Lipinski definition) is 2. The molecule has 0 atom stereocenters. The molecule has 0 aliphatic carbocycles. The Bertz CT molecular complexity index is 483. The van der Waals surface area contributed by atoms with E-state index in [2.05, 4.69) is 0 Å². The summed E-state index contributed by atoms with van der Waals surface area (Å²) < 4.78 is 32.1. The van der Waals surface area contributed by atoms with Gasteiger partial charge in [-0.25, -0.2) is 13.6 Å². The zero-order valence-corrected chi connectivity index (χ0v) is 7.87. The number of sulfonamides is 1. The smallest absolute Gasteiger partial charge is 0.240 e. The Labute approximate surface area is 80.5 Å². The summed E-state index contributed by atoms with van der Waals surface area (Å²) in [5.41, 5.74) is 5.54. The van der Waals surface area contributed by atoms with Gasteiger partial charge in [-0.2, -0.15) is 0 Å². The Morgan fingerprint density at radius 2 is 1.79 bits per heavy atom. The number of rotatable bonds is 1. The summed E-state index contributed by atoms with van der Waals surface area (Å²) in [5.74, 6) is 0.762. The molecule has 1 heterocycles. The molecular weight excluding hydrogens is 208 g/mol. The molecule has 0 saturated carbocycles. The van der Waals surface area contributed by atoms with Crippen LogP contribution in [0.3, 0.4) is 0 Å². The second kappa shape index (κ2) is 2.76. The number of benzene rings is 1. The molecular formula is C7H8N2O4S. The number of hydrogen-bond acceptors (Lipinski definition) is 5. The molecule has 14 heavy (non-hydrogen) atoms. The van der Waals surface area contributed by atoms with Crippen molar-refractivity contribution in [3.63, 3.8) is 0 Å². The van der Waals surface area contributed by atoms with Gasteiger partial charge in [0.1, 0.15) is 4.90 Å². The van der Waals surface area contributed by atoms with Crippen LogP contribution in [0, 0.1) is 0 Å². The summed E-state index contributed by atoms with van der Waals surface area (Å²) in [5, 5.41) is 4.95. The van der Waals surface area contributed by atoms with Gasteiger partial charge in [-0.3, -0.25) is 0 Å². The second-order valence-electron chi connectivity index (χ2n) is 2.79. The minimum absolute atomic E-state index is 0.0525. The van der Waals surface area contributed by atoms with Gasteiger partial charge in [-0.1, -0.05) is 0 Å². The van der Waals surface area contributed by atoms with Crippen LogP contribution in [-0.2, 0) is 10.0 Å². The van der Waals surface area contributed by atoms with Crippen LogP contribution in [0.15, 0.2) is 17.0 Å². The molecule has 1 aliphatic heterocycles. The van der Waals surface area contributed by atoms with E-state index in [0.717, 1.165) is 0 Å². The van der Waals surface area contributed by atoms with Crippen LogP contribution in [0.5, 0.6) is 11.5 Å². The van der Waals surface area contributed by atoms with Crippen molar-refractivity contribution >= 4 is 15.7 Å². The number of primary sulfonamides is 1. The Morgan fingerprint density at radius 3 is 2.36 bits per heavy atom. The Hall–Kier alpha value is -1.47. The van der Waals surface area contributed by atoms with Crippen LogP contribution < -0.4 is 20.3 Å². The first kappa shape index (κ1) is 9.10. The van der Waals surface area contributed by atoms with E-state index >= 15 is 0 Å². The zero-order valence-electron chi connectivity index (χ0n) is 7.06. The zero-order chi connectivity index (χ0) is 10.3. The second-order valence-corrected chi connectivity index (χ2v) is 4.32. The summed E-state index contributed by atoms with van der Waals surface area (Å²) in [6, 6.07) is 2.63. The van der Waals surface area contributed by atoms with Crippen molar-refractivity contribution in [2.45, 2.75) is 4.90 Å². The van der Waals surface area contributed by atoms with Gasteiger partial charge in [0, 0.05) is 12.1 Å². The molecule has 1 aliphatic rings. The third kappa shape index (κ3) is 1.36. The maximum Gasteiger partial charge on any atom is 0.240 e. The molecule has 2 rings (SSSR count). The summed E-state index contributed by atoms with van der Waals surface area (Å²) in [4.78, 5) is -0.151. The van der Waals surface area contributed by atoms with Gasteiger partial charge in [0.25, 0.3) is 0 Å². The van der Waals surface area contributed by atoms with Crippen molar-refractivity contribution in [2.75, 3.05) is 12.5 Å². The molecule has 0 spiro atoms. The molecule has 1 aromatic rings. The summed E-state index contributed by atoms with van der Waals surface area (Å²) in [6.07, 6.45) is 0. The molecule has 0 unspecified atom stereocenters. The van der Waals surface area contributed by atoms with E-state index in [0.29, 0.717) is 11.5 Å². The van der Waals surface area contributed by atoms with Gasteiger partial charge >= 0.3 is 0 Å². The van der Waals surface area contributed by atoms with Crippen LogP contribution in [0.25, 0.3) is 0 Å². The number of nitrogens with two attached hydrogens (primary N) is 2. The van der Waals surface area contributed by atoms with Crippen LogP contribution >= 0.6 is 0 Å². The molecule has 7 heteroatoms. The molecule has 4 N–H and O–H groups in total. The van der Waals surface area contributed by atoms with Crippen molar-refractivity contribution in [1.82, 2.24) is 0 Å². The monoisotopic (exact) mass is 216 g/mol. The highest BCUT2D eigenvalue weighted by atomic mass is 32.2. The molecule has 0 radical (unpaired) electrons. The molecule has 0 fully saturated rings. The maximum atomic E-state index is 11.1. The standard InChI is InChI=1S/C7H8N2O4S/c8-4-1-5-6(13-3-12-5)2-7(4)14(9,10)11/h1-2H,3,8H2,(H2,9,10,11). The lowest BCUT2D eigenvalue weighted by Gasteiger charge is -2.04. The quantitative estimate of drug-likeness (QED) is 0.624. The number of fused-ring (bicyclic) bond motifs is 1. The normalized spacial score (nSPS) is 14.4. The lowest BCUT2D eigenvalue weighted by molar-refractivity contribution is 0.174. The average Bonchev–Trinajstić information content (AvgIpc) is 2.47. The largest absolute Gasteiger partial charge is 0.454 e. The first-order valence-electron chi connectivity index (χ1n) is 3.70. The minimum Gasteiger partial charge on any atom is -0.454 e.